The molecule has 0 radical (unpaired) electrons. The van der Waals surface area contributed by atoms with Crippen LogP contribution in [0.2, 0.25) is 10.0 Å². The van der Waals surface area contributed by atoms with Crippen LogP contribution in [0.4, 0.5) is 0 Å². The van der Waals surface area contributed by atoms with Gasteiger partial charge >= 0.3 is 5.97 Å². The zero-order valence-electron chi connectivity index (χ0n) is 11.1. The van der Waals surface area contributed by atoms with Crippen molar-refractivity contribution < 1.29 is 19.4 Å². The minimum absolute atomic E-state index is 0.0713. The van der Waals surface area contributed by atoms with Crippen LogP contribution in [0.3, 0.4) is 0 Å². The summed E-state index contributed by atoms with van der Waals surface area (Å²) in [5.41, 5.74) is 0. The van der Waals surface area contributed by atoms with E-state index in [4.69, 9.17) is 33.0 Å². The summed E-state index contributed by atoms with van der Waals surface area (Å²) in [4.78, 5) is 22.6. The van der Waals surface area contributed by atoms with E-state index in [0.29, 0.717) is 15.8 Å². The molecule has 1 aliphatic rings. The van der Waals surface area contributed by atoms with Crippen LogP contribution in [0.15, 0.2) is 18.2 Å². The number of rotatable bonds is 7. The molecule has 0 heterocycles. The minimum atomic E-state index is -0.922. The quantitative estimate of drug-likeness (QED) is 0.805. The highest BCUT2D eigenvalue weighted by atomic mass is 35.5. The molecule has 1 amide bonds. The molecular formula is C14H15Cl2NO4. The third-order valence-electron chi connectivity index (χ3n) is 3.18. The summed E-state index contributed by atoms with van der Waals surface area (Å²) < 4.78 is 5.31. The van der Waals surface area contributed by atoms with E-state index in [-0.39, 0.29) is 30.9 Å². The summed E-state index contributed by atoms with van der Waals surface area (Å²) in [5, 5.41) is 12.3. The molecule has 1 aromatic rings. The molecule has 21 heavy (non-hydrogen) atoms. The average molecular weight is 332 g/mol. The molecule has 7 heteroatoms. The Labute approximate surface area is 132 Å². The van der Waals surface area contributed by atoms with Gasteiger partial charge in [-0.2, -0.15) is 0 Å². The molecule has 2 rings (SSSR count). The normalized spacial score (nSPS) is 15.3. The van der Waals surface area contributed by atoms with Crippen LogP contribution < -0.4 is 10.1 Å². The lowest BCUT2D eigenvalue weighted by Gasteiger charge is -2.16. The molecule has 1 aliphatic carbocycles. The smallest absolute Gasteiger partial charge is 0.305 e. The van der Waals surface area contributed by atoms with Crippen molar-refractivity contribution in [2.24, 2.45) is 5.92 Å². The van der Waals surface area contributed by atoms with Gasteiger partial charge in [0.25, 0.3) is 5.91 Å². The topological polar surface area (TPSA) is 75.6 Å². The van der Waals surface area contributed by atoms with Crippen molar-refractivity contribution in [2.75, 3.05) is 6.61 Å². The van der Waals surface area contributed by atoms with E-state index in [1.807, 2.05) is 0 Å². The van der Waals surface area contributed by atoms with Crippen LogP contribution in [-0.4, -0.2) is 29.6 Å². The number of hydrogen-bond acceptors (Lipinski definition) is 3. The van der Waals surface area contributed by atoms with E-state index >= 15 is 0 Å². The number of halogens is 2. The van der Waals surface area contributed by atoms with Gasteiger partial charge in [0.1, 0.15) is 5.75 Å². The van der Waals surface area contributed by atoms with Gasteiger partial charge in [-0.1, -0.05) is 23.2 Å². The summed E-state index contributed by atoms with van der Waals surface area (Å²) >= 11 is 11.7. The third kappa shape index (κ3) is 5.10. The van der Waals surface area contributed by atoms with Crippen molar-refractivity contribution in [3.05, 3.63) is 28.2 Å². The highest BCUT2D eigenvalue weighted by molar-refractivity contribution is 6.35. The van der Waals surface area contributed by atoms with Crippen molar-refractivity contribution in [3.8, 4) is 5.75 Å². The molecule has 114 valence electrons. The van der Waals surface area contributed by atoms with Crippen molar-refractivity contribution in [1.29, 1.82) is 0 Å². The minimum Gasteiger partial charge on any atom is -0.482 e. The lowest BCUT2D eigenvalue weighted by molar-refractivity contribution is -0.138. The number of carbonyl (C=O) groups excluding carboxylic acids is 1. The second-order valence-corrected chi connectivity index (χ2v) is 5.82. The van der Waals surface area contributed by atoms with E-state index in [9.17, 15) is 9.59 Å². The fraction of sp³-hybridized carbons (Fsp3) is 0.429. The molecule has 5 nitrogen and oxygen atoms in total. The summed E-state index contributed by atoms with van der Waals surface area (Å²) in [6, 6.07) is 4.37. The Kier molecular flexibility index (Phi) is 5.31. The number of ether oxygens (including phenoxy) is 1. The SMILES string of the molecule is O=C(O)CC(NC(=O)COc1ccc(Cl)cc1Cl)C1CC1. The Hall–Kier alpha value is -1.46. The molecule has 1 saturated carbocycles. The molecule has 0 bridgehead atoms. The average Bonchev–Trinajstić information content (AvgIpc) is 3.20. The highest BCUT2D eigenvalue weighted by Gasteiger charge is 2.33. The molecule has 0 aromatic heterocycles. The first-order valence-corrected chi connectivity index (χ1v) is 7.30. The number of aliphatic carboxylic acids is 1. The molecule has 1 unspecified atom stereocenters. The Morgan fingerprint density at radius 1 is 1.38 bits per heavy atom. The molecule has 0 aliphatic heterocycles. The van der Waals surface area contributed by atoms with E-state index < -0.39 is 5.97 Å². The lowest BCUT2D eigenvalue weighted by atomic mass is 10.1. The molecule has 0 saturated heterocycles. The fourth-order valence-electron chi connectivity index (χ4n) is 2.01. The molecule has 1 aromatic carbocycles. The van der Waals surface area contributed by atoms with Crippen LogP contribution in [0.1, 0.15) is 19.3 Å². The van der Waals surface area contributed by atoms with E-state index in [1.165, 1.54) is 6.07 Å². The predicted molar refractivity (Wildman–Crippen MR) is 78.9 cm³/mol. The molecular weight excluding hydrogens is 317 g/mol. The monoisotopic (exact) mass is 331 g/mol. The van der Waals surface area contributed by atoms with Crippen LogP contribution in [0, 0.1) is 5.92 Å². The van der Waals surface area contributed by atoms with Crippen LogP contribution in [0.25, 0.3) is 0 Å². The maximum atomic E-state index is 11.8. The van der Waals surface area contributed by atoms with Crippen molar-refractivity contribution in [2.45, 2.75) is 25.3 Å². The van der Waals surface area contributed by atoms with Gasteiger partial charge in [-0.25, -0.2) is 0 Å². The van der Waals surface area contributed by atoms with Gasteiger partial charge in [0.2, 0.25) is 0 Å². The van der Waals surface area contributed by atoms with Crippen molar-refractivity contribution in [3.63, 3.8) is 0 Å². The predicted octanol–water partition coefficient (Wildman–Crippen LogP) is 2.74. The van der Waals surface area contributed by atoms with Gasteiger partial charge < -0.3 is 15.2 Å². The summed E-state index contributed by atoms with van der Waals surface area (Å²) in [6.07, 6.45) is 1.82. The molecule has 2 N–H and O–H groups in total. The van der Waals surface area contributed by atoms with E-state index in [2.05, 4.69) is 5.32 Å². The number of amides is 1. The highest BCUT2D eigenvalue weighted by Crippen LogP contribution is 2.34. The van der Waals surface area contributed by atoms with Crippen LogP contribution in [-0.2, 0) is 9.59 Å². The molecule has 1 fully saturated rings. The third-order valence-corrected chi connectivity index (χ3v) is 3.72. The number of benzene rings is 1. The standard InChI is InChI=1S/C14H15Cl2NO4/c15-9-3-4-12(10(16)5-9)21-7-13(18)17-11(6-14(19)20)8-1-2-8/h3-5,8,11H,1-2,6-7H2,(H,17,18)(H,19,20). The maximum absolute atomic E-state index is 11.8. The Balaban J connectivity index is 1.84. The maximum Gasteiger partial charge on any atom is 0.305 e. The zero-order valence-corrected chi connectivity index (χ0v) is 12.7. The van der Waals surface area contributed by atoms with Crippen LogP contribution >= 0.6 is 23.2 Å². The first-order chi connectivity index (χ1) is 9.95. The fourth-order valence-corrected chi connectivity index (χ4v) is 2.47. The van der Waals surface area contributed by atoms with Crippen molar-refractivity contribution in [1.82, 2.24) is 5.32 Å². The van der Waals surface area contributed by atoms with Gasteiger partial charge in [0.15, 0.2) is 6.61 Å². The Morgan fingerprint density at radius 3 is 2.67 bits per heavy atom. The number of hydrogen-bond donors (Lipinski definition) is 2. The van der Waals surface area contributed by atoms with Crippen molar-refractivity contribution >= 4 is 35.1 Å². The number of carboxylic acids is 1. The van der Waals surface area contributed by atoms with E-state index in [1.54, 1.807) is 12.1 Å². The van der Waals surface area contributed by atoms with E-state index in [0.717, 1.165) is 12.8 Å². The summed E-state index contributed by atoms with van der Waals surface area (Å²) in [6.45, 7) is -0.218. The van der Waals surface area contributed by atoms with Gasteiger partial charge in [-0.3, -0.25) is 9.59 Å². The summed E-state index contributed by atoms with van der Waals surface area (Å²) in [7, 11) is 0. The van der Waals surface area contributed by atoms with Gasteiger partial charge in [0.05, 0.1) is 11.4 Å². The first-order valence-electron chi connectivity index (χ1n) is 6.54. The van der Waals surface area contributed by atoms with Gasteiger partial charge in [-0.15, -0.1) is 0 Å². The van der Waals surface area contributed by atoms with Gasteiger partial charge in [0, 0.05) is 11.1 Å². The molecule has 0 spiro atoms. The van der Waals surface area contributed by atoms with Gasteiger partial charge in [-0.05, 0) is 37.0 Å². The molecule has 1 atom stereocenters. The largest absolute Gasteiger partial charge is 0.482 e. The summed E-state index contributed by atoms with van der Waals surface area (Å²) in [5.74, 6) is -0.672. The second kappa shape index (κ2) is 7.00. The first kappa shape index (κ1) is 15.9. The zero-order chi connectivity index (χ0) is 15.4. The Morgan fingerprint density at radius 2 is 2.10 bits per heavy atom. The second-order valence-electron chi connectivity index (χ2n) is 4.97. The number of carbonyl (C=O) groups is 2. The van der Waals surface area contributed by atoms with Crippen LogP contribution in [0.5, 0.6) is 5.75 Å². The number of carboxylic acid groups (broad SMARTS) is 1. The Bertz CT molecular complexity index is 546. The number of nitrogens with one attached hydrogen (secondary N) is 1. The lowest BCUT2D eigenvalue weighted by Crippen LogP contribution is -2.40.